The molecule has 0 aliphatic rings. The fourth-order valence-corrected chi connectivity index (χ4v) is 1.59. The van der Waals surface area contributed by atoms with Crippen LogP contribution in [-0.2, 0) is 11.2 Å². The number of benzene rings is 1. The molecule has 0 fully saturated rings. The molecule has 1 aromatic rings. The van der Waals surface area contributed by atoms with Gasteiger partial charge < -0.3 is 15.6 Å². The van der Waals surface area contributed by atoms with E-state index in [1.807, 2.05) is 13.0 Å². The van der Waals surface area contributed by atoms with Crippen molar-refractivity contribution in [1.82, 2.24) is 0 Å². The van der Waals surface area contributed by atoms with Crippen molar-refractivity contribution in [1.29, 1.82) is 0 Å². The normalized spacial score (nSPS) is 12.8. The van der Waals surface area contributed by atoms with Crippen molar-refractivity contribution < 1.29 is 9.84 Å². The molecule has 0 bridgehead atoms. The van der Waals surface area contributed by atoms with Crippen molar-refractivity contribution in [2.75, 3.05) is 13.7 Å². The molecule has 1 aromatic carbocycles. The van der Waals surface area contributed by atoms with Crippen LogP contribution in [-0.4, -0.2) is 18.8 Å². The maximum atomic E-state index is 9.61. The van der Waals surface area contributed by atoms with E-state index in [0.717, 1.165) is 17.5 Å². The van der Waals surface area contributed by atoms with E-state index in [0.29, 0.717) is 12.4 Å². The summed E-state index contributed by atoms with van der Waals surface area (Å²) in [5, 5.41) is 9.61. The summed E-state index contributed by atoms with van der Waals surface area (Å²) in [7, 11) is 1.62. The molecule has 0 saturated carbocycles. The van der Waals surface area contributed by atoms with Crippen LogP contribution in [0.1, 0.15) is 24.1 Å². The zero-order valence-corrected chi connectivity index (χ0v) is 8.66. The summed E-state index contributed by atoms with van der Waals surface area (Å²) in [5.41, 5.74) is 7.80. The zero-order chi connectivity index (χ0) is 10.6. The molecule has 1 rings (SSSR count). The van der Waals surface area contributed by atoms with Gasteiger partial charge in [0, 0.05) is 7.11 Å². The summed E-state index contributed by atoms with van der Waals surface area (Å²) in [6.45, 7) is 2.47. The highest BCUT2D eigenvalue weighted by atomic mass is 16.5. The third-order valence-corrected chi connectivity index (χ3v) is 2.29. The van der Waals surface area contributed by atoms with E-state index < -0.39 is 0 Å². The van der Waals surface area contributed by atoms with Gasteiger partial charge in [-0.05, 0) is 23.6 Å². The Balaban J connectivity index is 3.00. The minimum atomic E-state index is -0.165. The van der Waals surface area contributed by atoms with E-state index >= 15 is 0 Å². The molecule has 0 aliphatic carbocycles. The van der Waals surface area contributed by atoms with Crippen LogP contribution in [0.25, 0.3) is 0 Å². The molecule has 1 atom stereocenters. The Labute approximate surface area is 84.5 Å². The van der Waals surface area contributed by atoms with E-state index in [2.05, 4.69) is 0 Å². The average molecular weight is 195 g/mol. The van der Waals surface area contributed by atoms with Gasteiger partial charge >= 0.3 is 0 Å². The predicted octanol–water partition coefficient (Wildman–Crippen LogP) is 1.60. The molecule has 14 heavy (non-hydrogen) atoms. The zero-order valence-electron chi connectivity index (χ0n) is 8.66. The van der Waals surface area contributed by atoms with Gasteiger partial charge in [-0.25, -0.2) is 0 Å². The summed E-state index contributed by atoms with van der Waals surface area (Å²) < 4.78 is 4.99. The lowest BCUT2D eigenvalue weighted by Gasteiger charge is -2.15. The first-order chi connectivity index (χ1) is 6.70. The van der Waals surface area contributed by atoms with Gasteiger partial charge in [0.1, 0.15) is 5.75 Å². The number of hydrogen-bond acceptors (Lipinski definition) is 3. The van der Waals surface area contributed by atoms with Crippen LogP contribution < -0.4 is 5.73 Å². The minimum Gasteiger partial charge on any atom is -0.508 e. The number of methoxy groups -OCH3 is 1. The van der Waals surface area contributed by atoms with Gasteiger partial charge in [0.05, 0.1) is 12.6 Å². The lowest BCUT2D eigenvalue weighted by molar-refractivity contribution is 0.180. The molecule has 0 radical (unpaired) electrons. The van der Waals surface area contributed by atoms with Crippen LogP contribution in [0.3, 0.4) is 0 Å². The first-order valence-electron chi connectivity index (χ1n) is 4.76. The second-order valence-electron chi connectivity index (χ2n) is 3.26. The third kappa shape index (κ3) is 2.25. The van der Waals surface area contributed by atoms with E-state index in [1.54, 1.807) is 19.2 Å². The topological polar surface area (TPSA) is 55.5 Å². The molecule has 0 aromatic heterocycles. The second kappa shape index (κ2) is 4.98. The van der Waals surface area contributed by atoms with Gasteiger partial charge in [-0.2, -0.15) is 0 Å². The first-order valence-corrected chi connectivity index (χ1v) is 4.76. The fraction of sp³-hybridized carbons (Fsp3) is 0.455. The smallest absolute Gasteiger partial charge is 0.119 e. The molecule has 3 nitrogen and oxygen atoms in total. The summed E-state index contributed by atoms with van der Waals surface area (Å²) >= 11 is 0. The highest BCUT2D eigenvalue weighted by molar-refractivity contribution is 5.40. The molecule has 0 amide bonds. The van der Waals surface area contributed by atoms with Crippen molar-refractivity contribution >= 4 is 0 Å². The molecule has 3 heteroatoms. The number of nitrogens with two attached hydrogens (primary N) is 1. The monoisotopic (exact) mass is 195 g/mol. The Morgan fingerprint density at radius 1 is 1.50 bits per heavy atom. The first kappa shape index (κ1) is 11.0. The predicted molar refractivity (Wildman–Crippen MR) is 56.3 cm³/mol. The number of ether oxygens (including phenoxy) is 1. The third-order valence-electron chi connectivity index (χ3n) is 2.29. The number of phenols is 1. The summed E-state index contributed by atoms with van der Waals surface area (Å²) in [5.74, 6) is 0.316. The highest BCUT2D eigenvalue weighted by Crippen LogP contribution is 2.25. The maximum absolute atomic E-state index is 9.61. The lowest BCUT2D eigenvalue weighted by atomic mass is 9.98. The Hall–Kier alpha value is -1.06. The highest BCUT2D eigenvalue weighted by Gasteiger charge is 2.12. The van der Waals surface area contributed by atoms with E-state index in [9.17, 15) is 5.11 Å². The van der Waals surface area contributed by atoms with Crippen molar-refractivity contribution in [3.63, 3.8) is 0 Å². The van der Waals surface area contributed by atoms with Gasteiger partial charge in [-0.1, -0.05) is 19.1 Å². The van der Waals surface area contributed by atoms with E-state index in [1.165, 1.54) is 0 Å². The molecule has 0 spiro atoms. The molecule has 78 valence electrons. The van der Waals surface area contributed by atoms with Crippen molar-refractivity contribution in [3.8, 4) is 5.75 Å². The summed E-state index contributed by atoms with van der Waals surface area (Å²) in [6, 6.07) is 5.26. The molecule has 3 N–H and O–H groups in total. The molecule has 0 saturated heterocycles. The Bertz CT molecular complexity index is 299. The quantitative estimate of drug-likeness (QED) is 0.767. The molecule has 0 heterocycles. The molecule has 1 unspecified atom stereocenters. The molecular weight excluding hydrogens is 178 g/mol. The van der Waals surface area contributed by atoms with Crippen LogP contribution in [0.5, 0.6) is 5.75 Å². The van der Waals surface area contributed by atoms with Crippen LogP contribution in [0.4, 0.5) is 0 Å². The van der Waals surface area contributed by atoms with Crippen LogP contribution in [0.2, 0.25) is 0 Å². The van der Waals surface area contributed by atoms with Gasteiger partial charge in [-0.3, -0.25) is 0 Å². The van der Waals surface area contributed by atoms with E-state index in [4.69, 9.17) is 10.5 Å². The summed E-state index contributed by atoms with van der Waals surface area (Å²) in [6.07, 6.45) is 0.777. The molecular formula is C11H17NO2. The van der Waals surface area contributed by atoms with Gasteiger partial charge in [0.15, 0.2) is 0 Å². The SMILES string of the molecule is CCc1c(O)cccc1C(N)COC. The van der Waals surface area contributed by atoms with Gasteiger partial charge in [0.25, 0.3) is 0 Å². The van der Waals surface area contributed by atoms with Crippen LogP contribution in [0.15, 0.2) is 18.2 Å². The van der Waals surface area contributed by atoms with Crippen molar-refractivity contribution in [2.45, 2.75) is 19.4 Å². The number of phenolic OH excluding ortho intramolecular Hbond substituents is 1. The number of hydrogen-bond donors (Lipinski definition) is 2. The minimum absolute atomic E-state index is 0.165. The number of aromatic hydroxyl groups is 1. The second-order valence-corrected chi connectivity index (χ2v) is 3.26. The number of rotatable bonds is 4. The van der Waals surface area contributed by atoms with Gasteiger partial charge in [-0.15, -0.1) is 0 Å². The molecule has 0 aliphatic heterocycles. The Morgan fingerprint density at radius 2 is 2.21 bits per heavy atom. The van der Waals surface area contributed by atoms with Gasteiger partial charge in [0.2, 0.25) is 0 Å². The van der Waals surface area contributed by atoms with Crippen molar-refractivity contribution in [3.05, 3.63) is 29.3 Å². The maximum Gasteiger partial charge on any atom is 0.119 e. The average Bonchev–Trinajstić information content (AvgIpc) is 2.17. The van der Waals surface area contributed by atoms with Crippen molar-refractivity contribution in [2.24, 2.45) is 5.73 Å². The largest absolute Gasteiger partial charge is 0.508 e. The Morgan fingerprint density at radius 3 is 2.79 bits per heavy atom. The fourth-order valence-electron chi connectivity index (χ4n) is 1.59. The van der Waals surface area contributed by atoms with E-state index in [-0.39, 0.29) is 6.04 Å². The standard InChI is InChI=1S/C11H17NO2/c1-3-8-9(10(12)7-14-2)5-4-6-11(8)13/h4-6,10,13H,3,7,12H2,1-2H3. The summed E-state index contributed by atoms with van der Waals surface area (Å²) in [4.78, 5) is 0. The van der Waals surface area contributed by atoms with Crippen LogP contribution >= 0.6 is 0 Å². The van der Waals surface area contributed by atoms with Crippen LogP contribution in [0, 0.1) is 0 Å². The lowest BCUT2D eigenvalue weighted by Crippen LogP contribution is -2.17. The Kier molecular flexibility index (Phi) is 3.92.